The molecule has 1 aromatic carbocycles. The Labute approximate surface area is 317 Å². The molecule has 4 aliphatic heterocycles. The number of benzene rings is 1. The third kappa shape index (κ3) is 8.74. The molecule has 1 aromatic rings. The van der Waals surface area contributed by atoms with Gasteiger partial charge in [0.05, 0.1) is 25.4 Å². The van der Waals surface area contributed by atoms with Gasteiger partial charge in [-0.2, -0.15) is 0 Å². The molecule has 56 heavy (non-hydrogen) atoms. The fraction of sp³-hybridized carbons (Fsp3) is 0.571. The standard InChI is InChI=1S/C35H42O21/c1-5-18-32(49-12-19-31(45)47-10-9-35(18,19)46)56-34-29(51-16(4)39)28(50-15(3)38)27(22(54-34)13-48-14(2)37)55-30(44)17-7-6-8-20(23(17)40)52-33-26(43)25(42)24(41)21(11-36)53-33/h5-8,12,18,21-22,24-29,32-34,36,40-43,46H,1,9-11,13H2,2-4H3/t18-,21+,22+,24+,25-,26+,27+,28-,29+,32-,33+,34-,35+/m0/s1. The third-order valence-electron chi connectivity index (χ3n) is 9.29. The third-order valence-corrected chi connectivity index (χ3v) is 9.29. The fourth-order valence-electron chi connectivity index (χ4n) is 6.55. The number of phenols is 1. The van der Waals surface area contributed by atoms with E-state index in [1.807, 2.05) is 0 Å². The van der Waals surface area contributed by atoms with E-state index in [-0.39, 0.29) is 18.6 Å². The molecule has 4 aliphatic rings. The number of rotatable bonds is 12. The number of fused-ring (bicyclic) bond motifs is 1. The summed E-state index contributed by atoms with van der Waals surface area (Å²) in [6, 6.07) is 3.45. The Hall–Kier alpha value is -4.87. The quantitative estimate of drug-likeness (QED) is 0.0756. The first-order chi connectivity index (χ1) is 26.5. The molecular formula is C35H42O21. The second-order valence-corrected chi connectivity index (χ2v) is 13.1. The molecule has 3 saturated heterocycles. The van der Waals surface area contributed by atoms with Gasteiger partial charge in [-0.3, -0.25) is 14.4 Å². The summed E-state index contributed by atoms with van der Waals surface area (Å²) in [5.41, 5.74) is -2.68. The summed E-state index contributed by atoms with van der Waals surface area (Å²) in [5, 5.41) is 62.8. The van der Waals surface area contributed by atoms with Crippen molar-refractivity contribution in [2.75, 3.05) is 19.8 Å². The Morgan fingerprint density at radius 2 is 1.57 bits per heavy atom. The molecule has 6 N–H and O–H groups in total. The SMILES string of the molecule is C=C[C@H]1[C@H](O[C@@H]2O[C@H](COC(C)=O)[C@@H](OC(=O)c3cccc(O[C@@H]4O[C@H](CO)[C@@H](O)[C@H](O)[C@H]4O)c3O)[C@H](OC(C)=O)[C@H]2OC(C)=O)OC=C2C(=O)OCC[C@]21O. The lowest BCUT2D eigenvalue weighted by atomic mass is 9.76. The minimum atomic E-state index is -1.88. The maximum atomic E-state index is 13.8. The first-order valence-electron chi connectivity index (χ1n) is 17.2. The predicted octanol–water partition coefficient (Wildman–Crippen LogP) is -2.02. The lowest BCUT2D eigenvalue weighted by Crippen LogP contribution is -2.64. The lowest BCUT2D eigenvalue weighted by molar-refractivity contribution is -0.345. The molecule has 0 aliphatic carbocycles. The van der Waals surface area contributed by atoms with Crippen LogP contribution in [0.25, 0.3) is 0 Å². The van der Waals surface area contributed by atoms with Crippen molar-refractivity contribution in [2.45, 2.75) is 100 Å². The zero-order valence-electron chi connectivity index (χ0n) is 30.2. The molecule has 308 valence electrons. The topological polar surface area (TPSA) is 299 Å². The summed E-state index contributed by atoms with van der Waals surface area (Å²) in [4.78, 5) is 63.1. The van der Waals surface area contributed by atoms with Crippen LogP contribution in [0, 0.1) is 5.92 Å². The van der Waals surface area contributed by atoms with Gasteiger partial charge < -0.3 is 78.0 Å². The van der Waals surface area contributed by atoms with Crippen LogP contribution in [-0.4, -0.2) is 154 Å². The van der Waals surface area contributed by atoms with Gasteiger partial charge in [-0.05, 0) is 12.1 Å². The number of hydrogen-bond donors (Lipinski definition) is 6. The van der Waals surface area contributed by atoms with Crippen LogP contribution in [0.1, 0.15) is 37.6 Å². The van der Waals surface area contributed by atoms with Crippen LogP contribution >= 0.6 is 0 Å². The van der Waals surface area contributed by atoms with E-state index >= 15 is 0 Å². The van der Waals surface area contributed by atoms with Gasteiger partial charge in [0.15, 0.2) is 29.8 Å². The van der Waals surface area contributed by atoms with E-state index < -0.39 is 139 Å². The Morgan fingerprint density at radius 1 is 0.893 bits per heavy atom. The van der Waals surface area contributed by atoms with Crippen LogP contribution in [0.2, 0.25) is 0 Å². The maximum Gasteiger partial charge on any atom is 0.342 e. The van der Waals surface area contributed by atoms with Crippen molar-refractivity contribution in [2.24, 2.45) is 5.92 Å². The largest absolute Gasteiger partial charge is 0.504 e. The molecule has 0 aromatic heterocycles. The second-order valence-electron chi connectivity index (χ2n) is 13.1. The number of cyclic esters (lactones) is 1. The summed E-state index contributed by atoms with van der Waals surface area (Å²) < 4.78 is 55.4. The second kappa shape index (κ2) is 17.5. The van der Waals surface area contributed by atoms with Gasteiger partial charge in [0.1, 0.15) is 53.9 Å². The zero-order valence-corrected chi connectivity index (χ0v) is 30.2. The molecule has 3 fully saturated rings. The van der Waals surface area contributed by atoms with Gasteiger partial charge in [-0.1, -0.05) is 12.1 Å². The molecule has 5 rings (SSSR count). The van der Waals surface area contributed by atoms with Crippen LogP contribution in [0.3, 0.4) is 0 Å². The molecule has 4 heterocycles. The number of carbonyl (C=O) groups excluding carboxylic acids is 5. The Balaban J connectivity index is 1.46. The van der Waals surface area contributed by atoms with Gasteiger partial charge >= 0.3 is 29.8 Å². The average molecular weight is 799 g/mol. The number of ether oxygens (including phenoxy) is 10. The molecule has 0 bridgehead atoms. The smallest absolute Gasteiger partial charge is 0.342 e. The minimum Gasteiger partial charge on any atom is -0.504 e. The number of phenolic OH excluding ortho intramolecular Hbond substituents is 1. The Bertz CT molecular complexity index is 1690. The van der Waals surface area contributed by atoms with E-state index in [4.69, 9.17) is 47.4 Å². The first kappa shape index (κ1) is 42.3. The molecule has 21 heteroatoms. The maximum absolute atomic E-state index is 13.8. The van der Waals surface area contributed by atoms with Crippen LogP contribution in [0.15, 0.2) is 42.7 Å². The highest BCUT2D eigenvalue weighted by atomic mass is 16.8. The summed E-state index contributed by atoms with van der Waals surface area (Å²) in [6.45, 7) is 5.17. The summed E-state index contributed by atoms with van der Waals surface area (Å²) in [6.07, 6.45) is -16.6. The Kier molecular flexibility index (Phi) is 13.2. The molecule has 0 saturated carbocycles. The van der Waals surface area contributed by atoms with Crippen LogP contribution in [0.5, 0.6) is 11.5 Å². The van der Waals surface area contributed by atoms with Crippen LogP contribution in [0.4, 0.5) is 0 Å². The van der Waals surface area contributed by atoms with E-state index in [1.165, 1.54) is 12.1 Å². The molecule has 0 amide bonds. The molecule has 0 radical (unpaired) electrons. The number of aliphatic hydroxyl groups is 5. The van der Waals surface area contributed by atoms with Crippen molar-refractivity contribution in [3.8, 4) is 11.5 Å². The summed E-state index contributed by atoms with van der Waals surface area (Å²) >= 11 is 0. The molecule has 0 spiro atoms. The number of esters is 5. The highest BCUT2D eigenvalue weighted by Crippen LogP contribution is 2.43. The van der Waals surface area contributed by atoms with Gasteiger partial charge in [0.2, 0.25) is 18.9 Å². The normalized spacial score (nSPS) is 35.3. The number of aliphatic hydroxyl groups excluding tert-OH is 4. The Morgan fingerprint density at radius 3 is 2.21 bits per heavy atom. The van der Waals surface area contributed by atoms with Gasteiger partial charge in [-0.15, -0.1) is 6.58 Å². The number of para-hydroxylation sites is 1. The number of carbonyl (C=O) groups is 5. The molecule has 21 nitrogen and oxygen atoms in total. The van der Waals surface area contributed by atoms with E-state index in [2.05, 4.69) is 6.58 Å². The summed E-state index contributed by atoms with van der Waals surface area (Å²) in [7, 11) is 0. The average Bonchev–Trinajstić information content (AvgIpc) is 3.13. The van der Waals surface area contributed by atoms with Crippen LogP contribution in [-0.2, 0) is 61.8 Å². The molecule has 13 atom stereocenters. The van der Waals surface area contributed by atoms with Crippen molar-refractivity contribution in [1.82, 2.24) is 0 Å². The van der Waals surface area contributed by atoms with E-state index in [0.717, 1.165) is 39.2 Å². The van der Waals surface area contributed by atoms with E-state index in [0.29, 0.717) is 0 Å². The summed E-state index contributed by atoms with van der Waals surface area (Å²) in [5.74, 6) is -7.44. The number of hydrogen-bond acceptors (Lipinski definition) is 21. The van der Waals surface area contributed by atoms with E-state index in [9.17, 15) is 54.6 Å². The fourth-order valence-corrected chi connectivity index (χ4v) is 6.55. The predicted molar refractivity (Wildman–Crippen MR) is 176 cm³/mol. The highest BCUT2D eigenvalue weighted by Gasteiger charge is 2.57. The van der Waals surface area contributed by atoms with Crippen molar-refractivity contribution >= 4 is 29.8 Å². The van der Waals surface area contributed by atoms with Gasteiger partial charge in [0.25, 0.3) is 0 Å². The minimum absolute atomic E-state index is 0.0752. The monoisotopic (exact) mass is 798 g/mol. The van der Waals surface area contributed by atoms with Crippen molar-refractivity contribution in [3.63, 3.8) is 0 Å². The zero-order chi connectivity index (χ0) is 41.1. The molecule has 0 unspecified atom stereocenters. The molecular weight excluding hydrogens is 756 g/mol. The first-order valence-corrected chi connectivity index (χ1v) is 17.2. The van der Waals surface area contributed by atoms with Crippen LogP contribution < -0.4 is 4.74 Å². The van der Waals surface area contributed by atoms with Gasteiger partial charge in [0, 0.05) is 27.2 Å². The van der Waals surface area contributed by atoms with Gasteiger partial charge in [-0.25, -0.2) is 9.59 Å². The van der Waals surface area contributed by atoms with E-state index in [1.54, 1.807) is 0 Å². The van der Waals surface area contributed by atoms with Crippen molar-refractivity contribution in [3.05, 3.63) is 48.3 Å². The van der Waals surface area contributed by atoms with Crippen molar-refractivity contribution in [1.29, 1.82) is 0 Å². The van der Waals surface area contributed by atoms with Crippen molar-refractivity contribution < 1.29 is 102 Å². The number of aromatic hydroxyl groups is 1. The highest BCUT2D eigenvalue weighted by molar-refractivity contribution is 5.93. The lowest BCUT2D eigenvalue weighted by Gasteiger charge is -2.47.